The SMILES string of the molecule is C=CCCc1cc(F)c(C#Cc2cc(F)c(C#Cc3ccc(C(F)(F)F)c(F)c3)c(F)c2)c(F)c1. The van der Waals surface area contributed by atoms with Crippen molar-refractivity contribution in [2.45, 2.75) is 19.0 Å². The van der Waals surface area contributed by atoms with Crippen molar-refractivity contribution in [3.63, 3.8) is 0 Å². The highest BCUT2D eigenvalue weighted by Gasteiger charge is 2.33. The molecule has 0 saturated heterocycles. The largest absolute Gasteiger partial charge is 0.419 e. The van der Waals surface area contributed by atoms with Gasteiger partial charge >= 0.3 is 6.18 Å². The Morgan fingerprint density at radius 1 is 0.657 bits per heavy atom. The van der Waals surface area contributed by atoms with Crippen LogP contribution < -0.4 is 0 Å². The number of allylic oxidation sites excluding steroid dienone is 1. The summed E-state index contributed by atoms with van der Waals surface area (Å²) in [5, 5.41) is 0. The summed E-state index contributed by atoms with van der Waals surface area (Å²) in [7, 11) is 0. The van der Waals surface area contributed by atoms with E-state index >= 15 is 0 Å². The molecule has 0 unspecified atom stereocenters. The molecule has 8 heteroatoms. The molecule has 0 atom stereocenters. The van der Waals surface area contributed by atoms with Gasteiger partial charge in [0.25, 0.3) is 0 Å². The van der Waals surface area contributed by atoms with E-state index in [0.29, 0.717) is 30.5 Å². The molecule has 3 aromatic carbocycles. The van der Waals surface area contributed by atoms with Gasteiger partial charge in [-0.1, -0.05) is 29.8 Å². The highest BCUT2D eigenvalue weighted by atomic mass is 19.4. The van der Waals surface area contributed by atoms with Crippen LogP contribution in [0.2, 0.25) is 0 Å². The van der Waals surface area contributed by atoms with Gasteiger partial charge in [0, 0.05) is 11.1 Å². The molecule has 178 valence electrons. The Bertz CT molecular complexity index is 1360. The first-order valence-electron chi connectivity index (χ1n) is 9.98. The molecule has 0 amide bonds. The number of aryl methyl sites for hydroxylation is 1. The van der Waals surface area contributed by atoms with E-state index in [4.69, 9.17) is 0 Å². The average molecular weight is 490 g/mol. The van der Waals surface area contributed by atoms with Crippen molar-refractivity contribution in [1.82, 2.24) is 0 Å². The van der Waals surface area contributed by atoms with Crippen LogP contribution >= 0.6 is 0 Å². The van der Waals surface area contributed by atoms with Gasteiger partial charge in [0.15, 0.2) is 0 Å². The number of rotatable bonds is 3. The molecule has 0 fully saturated rings. The smallest absolute Gasteiger partial charge is 0.206 e. The molecular formula is C27H14F8. The minimum Gasteiger partial charge on any atom is -0.206 e. The van der Waals surface area contributed by atoms with Crippen LogP contribution in [0.4, 0.5) is 35.1 Å². The quantitative estimate of drug-likeness (QED) is 0.205. The van der Waals surface area contributed by atoms with Crippen molar-refractivity contribution < 1.29 is 35.1 Å². The van der Waals surface area contributed by atoms with Gasteiger partial charge in [-0.15, -0.1) is 6.58 Å². The van der Waals surface area contributed by atoms with E-state index in [0.717, 1.165) is 30.3 Å². The second kappa shape index (κ2) is 10.5. The molecule has 0 heterocycles. The molecule has 0 bridgehead atoms. The van der Waals surface area contributed by atoms with Crippen molar-refractivity contribution in [3.05, 3.63) is 118 Å². The van der Waals surface area contributed by atoms with Crippen LogP contribution in [-0.4, -0.2) is 0 Å². The van der Waals surface area contributed by atoms with Gasteiger partial charge in [-0.25, -0.2) is 22.0 Å². The molecule has 0 aliphatic rings. The van der Waals surface area contributed by atoms with E-state index in [2.05, 4.69) is 30.3 Å². The number of hydrogen-bond acceptors (Lipinski definition) is 0. The van der Waals surface area contributed by atoms with Crippen molar-refractivity contribution in [1.29, 1.82) is 0 Å². The first kappa shape index (κ1) is 25.6. The summed E-state index contributed by atoms with van der Waals surface area (Å²) >= 11 is 0. The molecule has 3 rings (SSSR count). The van der Waals surface area contributed by atoms with Crippen LogP contribution in [0.1, 0.15) is 39.8 Å². The van der Waals surface area contributed by atoms with E-state index in [1.54, 1.807) is 6.08 Å². The molecule has 0 aliphatic heterocycles. The third kappa shape index (κ3) is 6.30. The Kier molecular flexibility index (Phi) is 7.66. The van der Waals surface area contributed by atoms with Crippen molar-refractivity contribution in [3.8, 4) is 23.7 Å². The normalized spacial score (nSPS) is 10.7. The summed E-state index contributed by atoms with van der Waals surface area (Å²) in [6.07, 6.45) is -2.40. The Balaban J connectivity index is 1.88. The highest BCUT2D eigenvalue weighted by molar-refractivity contribution is 5.50. The summed E-state index contributed by atoms with van der Waals surface area (Å²) in [5.41, 5.74) is -2.87. The lowest BCUT2D eigenvalue weighted by Crippen LogP contribution is -2.07. The van der Waals surface area contributed by atoms with Crippen LogP contribution in [0.3, 0.4) is 0 Å². The zero-order valence-corrected chi connectivity index (χ0v) is 17.8. The first-order chi connectivity index (χ1) is 16.5. The van der Waals surface area contributed by atoms with Crippen LogP contribution in [0, 0.1) is 52.8 Å². The standard InChI is InChI=1S/C27H14F8/c1-2-3-4-17-12-22(28)20(23(29)13-17)9-6-18-14-24(30)19(25(31)15-18)8-5-16-7-10-21(26(32)11-16)27(33,34)35/h2,7,10-15H,1,3-4H2. The fourth-order valence-electron chi connectivity index (χ4n) is 3.01. The lowest BCUT2D eigenvalue weighted by Gasteiger charge is -2.07. The maximum absolute atomic E-state index is 14.4. The van der Waals surface area contributed by atoms with Gasteiger partial charge in [-0.05, 0) is 60.9 Å². The number of halogens is 8. The third-order valence-corrected chi connectivity index (χ3v) is 4.72. The first-order valence-corrected chi connectivity index (χ1v) is 9.98. The predicted octanol–water partition coefficient (Wildman–Crippen LogP) is 7.32. The Labute approximate surface area is 195 Å². The van der Waals surface area contributed by atoms with E-state index in [1.165, 1.54) is 0 Å². The maximum Gasteiger partial charge on any atom is 0.419 e. The maximum atomic E-state index is 14.4. The van der Waals surface area contributed by atoms with E-state index in [9.17, 15) is 35.1 Å². The lowest BCUT2D eigenvalue weighted by atomic mass is 10.0. The number of alkyl halides is 3. The molecule has 35 heavy (non-hydrogen) atoms. The molecule has 0 spiro atoms. The van der Waals surface area contributed by atoms with Gasteiger partial charge in [0.2, 0.25) is 0 Å². The number of hydrogen-bond donors (Lipinski definition) is 0. The average Bonchev–Trinajstić information content (AvgIpc) is 2.75. The minimum atomic E-state index is -4.90. The Hall–Kier alpha value is -4.04. The molecule has 0 saturated carbocycles. The summed E-state index contributed by atoms with van der Waals surface area (Å²) in [6, 6.07) is 5.61. The second-order valence-electron chi connectivity index (χ2n) is 7.27. The lowest BCUT2D eigenvalue weighted by molar-refractivity contribution is -0.140. The van der Waals surface area contributed by atoms with Crippen molar-refractivity contribution in [2.24, 2.45) is 0 Å². The molecular weight excluding hydrogens is 476 g/mol. The van der Waals surface area contributed by atoms with Crippen LogP contribution in [-0.2, 0) is 12.6 Å². The fourth-order valence-corrected chi connectivity index (χ4v) is 3.01. The summed E-state index contributed by atoms with van der Waals surface area (Å²) < 4.78 is 109. The van der Waals surface area contributed by atoms with Crippen LogP contribution in [0.5, 0.6) is 0 Å². The monoisotopic (exact) mass is 490 g/mol. The van der Waals surface area contributed by atoms with Crippen LogP contribution in [0.15, 0.2) is 55.1 Å². The Morgan fingerprint density at radius 2 is 1.14 bits per heavy atom. The Morgan fingerprint density at radius 3 is 1.63 bits per heavy atom. The minimum absolute atomic E-state index is 0.236. The van der Waals surface area contributed by atoms with E-state index in [1.807, 2.05) is 0 Å². The van der Waals surface area contributed by atoms with E-state index in [-0.39, 0.29) is 11.1 Å². The number of benzene rings is 3. The summed E-state index contributed by atoms with van der Waals surface area (Å²) in [5.74, 6) is 3.02. The molecule has 0 aromatic heterocycles. The van der Waals surface area contributed by atoms with E-state index < -0.39 is 52.0 Å². The fraction of sp³-hybridized carbons (Fsp3) is 0.111. The topological polar surface area (TPSA) is 0 Å². The van der Waals surface area contributed by atoms with Crippen LogP contribution in [0.25, 0.3) is 0 Å². The summed E-state index contributed by atoms with van der Waals surface area (Å²) in [4.78, 5) is 0. The van der Waals surface area contributed by atoms with Gasteiger partial charge in [0.05, 0.1) is 16.7 Å². The molecule has 3 aromatic rings. The zero-order valence-electron chi connectivity index (χ0n) is 17.8. The highest BCUT2D eigenvalue weighted by Crippen LogP contribution is 2.31. The molecule has 0 radical (unpaired) electrons. The summed E-state index contributed by atoms with van der Waals surface area (Å²) in [6.45, 7) is 3.53. The van der Waals surface area contributed by atoms with Gasteiger partial charge in [-0.2, -0.15) is 13.2 Å². The van der Waals surface area contributed by atoms with Gasteiger partial charge < -0.3 is 0 Å². The zero-order chi connectivity index (χ0) is 25.8. The predicted molar refractivity (Wildman–Crippen MR) is 115 cm³/mol. The molecule has 0 aliphatic carbocycles. The third-order valence-electron chi connectivity index (χ3n) is 4.72. The second-order valence-corrected chi connectivity index (χ2v) is 7.27. The van der Waals surface area contributed by atoms with Gasteiger partial charge in [-0.3, -0.25) is 0 Å². The van der Waals surface area contributed by atoms with Gasteiger partial charge in [0.1, 0.15) is 29.1 Å². The molecule has 0 nitrogen and oxygen atoms in total. The molecule has 0 N–H and O–H groups in total. The van der Waals surface area contributed by atoms with Crippen molar-refractivity contribution in [2.75, 3.05) is 0 Å². The van der Waals surface area contributed by atoms with Crippen molar-refractivity contribution >= 4 is 0 Å².